The van der Waals surface area contributed by atoms with Crippen molar-refractivity contribution in [2.75, 3.05) is 5.32 Å². The first kappa shape index (κ1) is 18.4. The summed E-state index contributed by atoms with van der Waals surface area (Å²) in [5.74, 6) is -0.549. The molecule has 0 radical (unpaired) electrons. The zero-order valence-corrected chi connectivity index (χ0v) is 15.5. The summed E-state index contributed by atoms with van der Waals surface area (Å²) in [5.41, 5.74) is 0.740. The molecule has 2 heterocycles. The standard InChI is InChI=1S/C22H17N3O4/c1-14(25-20(26)12-11-17(24-25)15-7-3-2-4-8-15)21(27)23-18-13-16-9-5-6-10-19(16)29-22(18)28/h2-14H,1H3,(H,23,27). The molecule has 4 rings (SSSR count). The third-order valence-corrected chi connectivity index (χ3v) is 4.54. The lowest BCUT2D eigenvalue weighted by atomic mass is 10.1. The van der Waals surface area contributed by atoms with Crippen LogP contribution >= 0.6 is 0 Å². The van der Waals surface area contributed by atoms with Crippen LogP contribution in [-0.4, -0.2) is 15.7 Å². The number of hydrogen-bond acceptors (Lipinski definition) is 5. The normalized spacial score (nSPS) is 11.9. The van der Waals surface area contributed by atoms with Gasteiger partial charge in [0, 0.05) is 17.0 Å². The lowest BCUT2D eigenvalue weighted by molar-refractivity contribution is -0.119. The molecule has 0 aliphatic carbocycles. The van der Waals surface area contributed by atoms with Crippen molar-refractivity contribution in [1.29, 1.82) is 0 Å². The number of rotatable bonds is 4. The van der Waals surface area contributed by atoms with Crippen LogP contribution in [-0.2, 0) is 4.79 Å². The smallest absolute Gasteiger partial charge is 0.360 e. The van der Waals surface area contributed by atoms with E-state index in [0.717, 1.165) is 10.2 Å². The van der Waals surface area contributed by atoms with Gasteiger partial charge in [-0.15, -0.1) is 0 Å². The van der Waals surface area contributed by atoms with E-state index < -0.39 is 23.1 Å². The Kier molecular flexibility index (Phi) is 4.78. The molecule has 1 atom stereocenters. The Balaban J connectivity index is 1.64. The molecular weight excluding hydrogens is 370 g/mol. The van der Waals surface area contributed by atoms with Crippen LogP contribution in [0.5, 0.6) is 0 Å². The topological polar surface area (TPSA) is 94.2 Å². The van der Waals surface area contributed by atoms with E-state index in [-0.39, 0.29) is 5.69 Å². The molecule has 1 amide bonds. The predicted octanol–water partition coefficient (Wildman–Crippen LogP) is 3.22. The number of carbonyl (C=O) groups is 1. The van der Waals surface area contributed by atoms with Gasteiger partial charge in [0.15, 0.2) is 0 Å². The second-order valence-corrected chi connectivity index (χ2v) is 6.52. The maximum absolute atomic E-state index is 12.7. The number of hydrogen-bond donors (Lipinski definition) is 1. The van der Waals surface area contributed by atoms with Crippen LogP contribution in [0.25, 0.3) is 22.2 Å². The average Bonchev–Trinajstić information content (AvgIpc) is 2.74. The largest absolute Gasteiger partial charge is 0.421 e. The molecule has 0 fully saturated rings. The molecule has 7 heteroatoms. The van der Waals surface area contributed by atoms with Gasteiger partial charge in [-0.1, -0.05) is 48.5 Å². The first-order valence-electron chi connectivity index (χ1n) is 9.02. The van der Waals surface area contributed by atoms with Crippen molar-refractivity contribution in [3.63, 3.8) is 0 Å². The molecule has 144 valence electrons. The van der Waals surface area contributed by atoms with Crippen LogP contribution in [0.4, 0.5) is 5.69 Å². The summed E-state index contributed by atoms with van der Waals surface area (Å²) in [4.78, 5) is 37.2. The van der Waals surface area contributed by atoms with Gasteiger partial charge in [0.05, 0.1) is 5.69 Å². The molecule has 0 aliphatic rings. The Morgan fingerprint density at radius 1 is 1.00 bits per heavy atom. The van der Waals surface area contributed by atoms with Gasteiger partial charge < -0.3 is 9.73 Å². The Bertz CT molecular complexity index is 1310. The fraction of sp³-hybridized carbons (Fsp3) is 0.0909. The van der Waals surface area contributed by atoms with Crippen LogP contribution in [0, 0.1) is 0 Å². The van der Waals surface area contributed by atoms with E-state index in [1.54, 1.807) is 43.3 Å². The van der Waals surface area contributed by atoms with Crippen LogP contribution < -0.4 is 16.5 Å². The Labute approximate surface area is 165 Å². The van der Waals surface area contributed by atoms with Crippen molar-refractivity contribution in [3.8, 4) is 11.3 Å². The maximum Gasteiger partial charge on any atom is 0.360 e. The minimum Gasteiger partial charge on any atom is -0.421 e. The van der Waals surface area contributed by atoms with E-state index in [1.807, 2.05) is 30.3 Å². The number of para-hydroxylation sites is 1. The van der Waals surface area contributed by atoms with Crippen molar-refractivity contribution in [1.82, 2.24) is 9.78 Å². The van der Waals surface area contributed by atoms with Crippen molar-refractivity contribution < 1.29 is 9.21 Å². The molecule has 2 aromatic carbocycles. The highest BCUT2D eigenvalue weighted by Crippen LogP contribution is 2.17. The third kappa shape index (κ3) is 3.70. The molecular formula is C22H17N3O4. The number of nitrogens with one attached hydrogen (secondary N) is 1. The van der Waals surface area contributed by atoms with E-state index in [1.165, 1.54) is 6.07 Å². The second-order valence-electron chi connectivity index (χ2n) is 6.52. The quantitative estimate of drug-likeness (QED) is 0.543. The van der Waals surface area contributed by atoms with E-state index in [2.05, 4.69) is 10.4 Å². The lowest BCUT2D eigenvalue weighted by Crippen LogP contribution is -2.34. The number of aromatic nitrogens is 2. The van der Waals surface area contributed by atoms with Crippen molar-refractivity contribution in [3.05, 3.63) is 93.6 Å². The van der Waals surface area contributed by atoms with Crippen LogP contribution in [0.2, 0.25) is 0 Å². The van der Waals surface area contributed by atoms with Crippen molar-refractivity contribution in [2.45, 2.75) is 13.0 Å². The Morgan fingerprint density at radius 3 is 2.52 bits per heavy atom. The summed E-state index contributed by atoms with van der Waals surface area (Å²) in [6.45, 7) is 1.54. The highest BCUT2D eigenvalue weighted by molar-refractivity contribution is 5.94. The van der Waals surface area contributed by atoms with Crippen molar-refractivity contribution in [2.24, 2.45) is 0 Å². The highest BCUT2D eigenvalue weighted by Gasteiger charge is 2.20. The maximum atomic E-state index is 12.7. The van der Waals surface area contributed by atoms with Crippen molar-refractivity contribution >= 4 is 22.6 Å². The summed E-state index contributed by atoms with van der Waals surface area (Å²) in [7, 11) is 0. The predicted molar refractivity (Wildman–Crippen MR) is 110 cm³/mol. The van der Waals surface area contributed by atoms with Gasteiger partial charge in [-0.25, -0.2) is 9.48 Å². The zero-order valence-electron chi connectivity index (χ0n) is 15.5. The molecule has 0 saturated carbocycles. The van der Waals surface area contributed by atoms with Gasteiger partial charge in [0.1, 0.15) is 17.3 Å². The zero-order chi connectivity index (χ0) is 20.4. The summed E-state index contributed by atoms with van der Waals surface area (Å²) in [5, 5.41) is 7.54. The Morgan fingerprint density at radius 2 is 1.72 bits per heavy atom. The van der Waals surface area contributed by atoms with Crippen LogP contribution in [0.1, 0.15) is 13.0 Å². The molecule has 2 aromatic heterocycles. The number of anilines is 1. The van der Waals surface area contributed by atoms with Gasteiger partial charge in [0.25, 0.3) is 5.56 Å². The van der Waals surface area contributed by atoms with E-state index in [0.29, 0.717) is 16.7 Å². The number of benzene rings is 2. The number of fused-ring (bicyclic) bond motifs is 1. The summed E-state index contributed by atoms with van der Waals surface area (Å²) < 4.78 is 6.32. The van der Waals surface area contributed by atoms with E-state index in [9.17, 15) is 14.4 Å². The van der Waals surface area contributed by atoms with Gasteiger partial charge in [-0.3, -0.25) is 9.59 Å². The summed E-state index contributed by atoms with van der Waals surface area (Å²) >= 11 is 0. The summed E-state index contributed by atoms with van der Waals surface area (Å²) in [6, 6.07) is 19.9. The van der Waals surface area contributed by atoms with Gasteiger partial charge in [-0.05, 0) is 25.1 Å². The average molecular weight is 387 g/mol. The SMILES string of the molecule is CC(C(=O)Nc1cc2ccccc2oc1=O)n1nc(-c2ccccc2)ccc1=O. The fourth-order valence-corrected chi connectivity index (χ4v) is 2.96. The molecule has 29 heavy (non-hydrogen) atoms. The summed E-state index contributed by atoms with van der Waals surface area (Å²) in [6.07, 6.45) is 0. The van der Waals surface area contributed by atoms with Crippen LogP contribution in [0.3, 0.4) is 0 Å². The molecule has 1 unspecified atom stereocenters. The molecule has 0 bridgehead atoms. The first-order valence-corrected chi connectivity index (χ1v) is 9.02. The molecule has 0 saturated heterocycles. The minimum absolute atomic E-state index is 0.00723. The molecule has 0 spiro atoms. The van der Waals surface area contributed by atoms with Gasteiger partial charge in [0.2, 0.25) is 5.91 Å². The lowest BCUT2D eigenvalue weighted by Gasteiger charge is -2.14. The Hall–Kier alpha value is -4.00. The monoisotopic (exact) mass is 387 g/mol. The minimum atomic E-state index is -0.933. The molecule has 0 aliphatic heterocycles. The van der Waals surface area contributed by atoms with Gasteiger partial charge >= 0.3 is 5.63 Å². The first-order chi connectivity index (χ1) is 14.0. The fourth-order valence-electron chi connectivity index (χ4n) is 2.96. The molecule has 1 N–H and O–H groups in total. The molecule has 4 aromatic rings. The van der Waals surface area contributed by atoms with Gasteiger partial charge in [-0.2, -0.15) is 5.10 Å². The highest BCUT2D eigenvalue weighted by atomic mass is 16.4. The van der Waals surface area contributed by atoms with Crippen LogP contribution in [0.15, 0.2) is 86.8 Å². The number of carbonyl (C=O) groups excluding carboxylic acids is 1. The molecule has 7 nitrogen and oxygen atoms in total. The number of nitrogens with zero attached hydrogens (tertiary/aromatic N) is 2. The van der Waals surface area contributed by atoms with E-state index >= 15 is 0 Å². The van der Waals surface area contributed by atoms with E-state index in [4.69, 9.17) is 4.42 Å². The number of amides is 1. The third-order valence-electron chi connectivity index (χ3n) is 4.54. The second kappa shape index (κ2) is 7.55.